The Morgan fingerprint density at radius 1 is 1.17 bits per heavy atom. The average molecular weight is 333 g/mol. The molecular weight excluding hydrogens is 312 g/mol. The van der Waals surface area contributed by atoms with Crippen LogP contribution in [0, 0.1) is 6.92 Å². The molecule has 122 valence electrons. The number of rotatable bonds is 4. The molecule has 1 fully saturated rings. The van der Waals surface area contributed by atoms with Crippen LogP contribution in [0.15, 0.2) is 36.5 Å². The van der Waals surface area contributed by atoms with Gasteiger partial charge in [-0.25, -0.2) is 0 Å². The molecule has 1 saturated heterocycles. The smallest absolute Gasteiger partial charge is 0.244 e. The predicted octanol–water partition coefficient (Wildman–Crippen LogP) is 2.19. The Kier molecular flexibility index (Phi) is 4.98. The maximum Gasteiger partial charge on any atom is 0.244 e. The van der Waals surface area contributed by atoms with E-state index in [0.717, 1.165) is 49.0 Å². The van der Waals surface area contributed by atoms with E-state index < -0.39 is 0 Å². The predicted molar refractivity (Wildman–Crippen MR) is 90.3 cm³/mol. The standard InChI is InChI=1S/C17H21ClN4O/c1-14-6-7-22(19-14)13-17(23)21-10-8-20(9-11-21)12-15-4-2-3-5-16(15)18/h2-7H,8-13H2,1H3. The third kappa shape index (κ3) is 4.12. The van der Waals surface area contributed by atoms with E-state index in [1.807, 2.05) is 42.3 Å². The fourth-order valence-corrected chi connectivity index (χ4v) is 3.01. The van der Waals surface area contributed by atoms with Crippen LogP contribution in [0.25, 0.3) is 0 Å². The molecule has 0 atom stereocenters. The molecule has 6 heteroatoms. The summed E-state index contributed by atoms with van der Waals surface area (Å²) in [6, 6.07) is 9.84. The van der Waals surface area contributed by atoms with Crippen molar-refractivity contribution >= 4 is 17.5 Å². The SMILES string of the molecule is Cc1ccn(CC(=O)N2CCN(Cc3ccccc3Cl)CC2)n1. The van der Waals surface area contributed by atoms with Gasteiger partial charge in [-0.2, -0.15) is 5.10 Å². The Morgan fingerprint density at radius 3 is 2.57 bits per heavy atom. The highest BCUT2D eigenvalue weighted by Gasteiger charge is 2.21. The highest BCUT2D eigenvalue weighted by molar-refractivity contribution is 6.31. The van der Waals surface area contributed by atoms with Gasteiger partial charge in [-0.15, -0.1) is 0 Å². The summed E-state index contributed by atoms with van der Waals surface area (Å²) in [5, 5.41) is 5.08. The molecule has 5 nitrogen and oxygen atoms in total. The van der Waals surface area contributed by atoms with Gasteiger partial charge in [0.15, 0.2) is 0 Å². The Hall–Kier alpha value is -1.85. The first-order valence-electron chi connectivity index (χ1n) is 7.85. The normalized spacial score (nSPS) is 15.8. The Bertz CT molecular complexity index is 677. The van der Waals surface area contributed by atoms with Gasteiger partial charge >= 0.3 is 0 Å². The first-order valence-corrected chi connectivity index (χ1v) is 8.23. The van der Waals surface area contributed by atoms with Crippen LogP contribution in [0.1, 0.15) is 11.3 Å². The number of aryl methyl sites for hydroxylation is 1. The molecule has 0 radical (unpaired) electrons. The van der Waals surface area contributed by atoms with E-state index in [9.17, 15) is 4.79 Å². The van der Waals surface area contributed by atoms with Crippen LogP contribution in [0.4, 0.5) is 0 Å². The maximum absolute atomic E-state index is 12.3. The second-order valence-electron chi connectivity index (χ2n) is 5.90. The zero-order chi connectivity index (χ0) is 16.2. The van der Waals surface area contributed by atoms with Gasteiger partial charge in [0.2, 0.25) is 5.91 Å². The Labute approximate surface area is 141 Å². The van der Waals surface area contributed by atoms with Crippen molar-refractivity contribution in [1.82, 2.24) is 19.6 Å². The number of nitrogens with zero attached hydrogens (tertiary/aromatic N) is 4. The molecule has 0 unspecified atom stereocenters. The minimum Gasteiger partial charge on any atom is -0.339 e. The van der Waals surface area contributed by atoms with Gasteiger partial charge in [0.1, 0.15) is 6.54 Å². The number of benzene rings is 1. The van der Waals surface area contributed by atoms with Gasteiger partial charge in [0.25, 0.3) is 0 Å². The molecule has 0 bridgehead atoms. The molecule has 1 amide bonds. The summed E-state index contributed by atoms with van der Waals surface area (Å²) in [5.74, 6) is 0.130. The van der Waals surface area contributed by atoms with Crippen molar-refractivity contribution in [1.29, 1.82) is 0 Å². The zero-order valence-electron chi connectivity index (χ0n) is 13.3. The molecule has 0 spiro atoms. The van der Waals surface area contributed by atoms with Crippen LogP contribution < -0.4 is 0 Å². The van der Waals surface area contributed by atoms with Crippen molar-refractivity contribution in [3.63, 3.8) is 0 Å². The average Bonchev–Trinajstić information content (AvgIpc) is 2.95. The molecule has 0 N–H and O–H groups in total. The number of amides is 1. The number of hydrogen-bond donors (Lipinski definition) is 0. The van der Waals surface area contributed by atoms with Crippen LogP contribution in [0.5, 0.6) is 0 Å². The van der Waals surface area contributed by atoms with E-state index in [1.54, 1.807) is 4.68 Å². The molecule has 23 heavy (non-hydrogen) atoms. The number of hydrogen-bond acceptors (Lipinski definition) is 3. The summed E-state index contributed by atoms with van der Waals surface area (Å²) in [6.07, 6.45) is 1.85. The first-order chi connectivity index (χ1) is 11.1. The lowest BCUT2D eigenvalue weighted by molar-refractivity contribution is -0.133. The minimum atomic E-state index is 0.130. The van der Waals surface area contributed by atoms with Crippen molar-refractivity contribution in [3.8, 4) is 0 Å². The molecule has 0 aliphatic carbocycles. The summed E-state index contributed by atoms with van der Waals surface area (Å²) in [4.78, 5) is 16.6. The topological polar surface area (TPSA) is 41.4 Å². The molecular formula is C17H21ClN4O. The van der Waals surface area contributed by atoms with E-state index >= 15 is 0 Å². The number of piperazine rings is 1. The van der Waals surface area contributed by atoms with E-state index in [2.05, 4.69) is 16.1 Å². The lowest BCUT2D eigenvalue weighted by Crippen LogP contribution is -2.49. The molecule has 2 aromatic rings. The van der Waals surface area contributed by atoms with Gasteiger partial charge in [-0.3, -0.25) is 14.4 Å². The largest absolute Gasteiger partial charge is 0.339 e. The molecule has 1 aliphatic heterocycles. The molecule has 2 heterocycles. The van der Waals surface area contributed by atoms with E-state index in [1.165, 1.54) is 0 Å². The molecule has 1 aromatic heterocycles. The molecule has 1 aliphatic rings. The van der Waals surface area contributed by atoms with E-state index in [0.29, 0.717) is 6.54 Å². The van der Waals surface area contributed by atoms with Gasteiger partial charge in [-0.1, -0.05) is 29.8 Å². The van der Waals surface area contributed by atoms with Crippen LogP contribution in [-0.2, 0) is 17.9 Å². The fraction of sp³-hybridized carbons (Fsp3) is 0.412. The fourth-order valence-electron chi connectivity index (χ4n) is 2.81. The molecule has 0 saturated carbocycles. The van der Waals surface area contributed by atoms with Crippen LogP contribution in [-0.4, -0.2) is 51.7 Å². The van der Waals surface area contributed by atoms with Crippen LogP contribution in [0.2, 0.25) is 5.02 Å². The van der Waals surface area contributed by atoms with Gasteiger partial charge in [0, 0.05) is 43.9 Å². The quantitative estimate of drug-likeness (QED) is 0.862. The Morgan fingerprint density at radius 2 is 1.91 bits per heavy atom. The lowest BCUT2D eigenvalue weighted by atomic mass is 10.2. The third-order valence-electron chi connectivity index (χ3n) is 4.15. The summed E-state index contributed by atoms with van der Waals surface area (Å²) in [7, 11) is 0. The van der Waals surface area contributed by atoms with E-state index in [4.69, 9.17) is 11.6 Å². The van der Waals surface area contributed by atoms with Gasteiger partial charge < -0.3 is 4.90 Å². The first kappa shape index (κ1) is 16.0. The van der Waals surface area contributed by atoms with Crippen LogP contribution in [0.3, 0.4) is 0 Å². The molecule has 1 aromatic carbocycles. The van der Waals surface area contributed by atoms with Crippen molar-refractivity contribution in [2.45, 2.75) is 20.0 Å². The van der Waals surface area contributed by atoms with Crippen LogP contribution >= 0.6 is 11.6 Å². The minimum absolute atomic E-state index is 0.130. The second-order valence-corrected chi connectivity index (χ2v) is 6.31. The number of halogens is 1. The lowest BCUT2D eigenvalue weighted by Gasteiger charge is -2.34. The highest BCUT2D eigenvalue weighted by atomic mass is 35.5. The third-order valence-corrected chi connectivity index (χ3v) is 4.52. The van der Waals surface area contributed by atoms with Crippen molar-refractivity contribution in [2.75, 3.05) is 26.2 Å². The zero-order valence-corrected chi connectivity index (χ0v) is 14.0. The van der Waals surface area contributed by atoms with Gasteiger partial charge in [-0.05, 0) is 24.6 Å². The Balaban J connectivity index is 1.50. The monoisotopic (exact) mass is 332 g/mol. The van der Waals surface area contributed by atoms with Crippen molar-refractivity contribution in [3.05, 3.63) is 52.8 Å². The number of carbonyl (C=O) groups excluding carboxylic acids is 1. The number of aromatic nitrogens is 2. The van der Waals surface area contributed by atoms with Crippen molar-refractivity contribution in [2.24, 2.45) is 0 Å². The second kappa shape index (κ2) is 7.15. The maximum atomic E-state index is 12.3. The summed E-state index contributed by atoms with van der Waals surface area (Å²) >= 11 is 6.21. The summed E-state index contributed by atoms with van der Waals surface area (Å²) in [5.41, 5.74) is 2.07. The molecule has 3 rings (SSSR count). The van der Waals surface area contributed by atoms with Gasteiger partial charge in [0.05, 0.1) is 5.69 Å². The van der Waals surface area contributed by atoms with Crippen molar-refractivity contribution < 1.29 is 4.79 Å². The summed E-state index contributed by atoms with van der Waals surface area (Å²) in [6.45, 7) is 6.32. The summed E-state index contributed by atoms with van der Waals surface area (Å²) < 4.78 is 1.70. The number of carbonyl (C=O) groups is 1. The van der Waals surface area contributed by atoms with E-state index in [-0.39, 0.29) is 5.91 Å². The highest BCUT2D eigenvalue weighted by Crippen LogP contribution is 2.18.